The van der Waals surface area contributed by atoms with Gasteiger partial charge in [-0.3, -0.25) is 19.7 Å². The van der Waals surface area contributed by atoms with Crippen LogP contribution < -0.4 is 22.1 Å². The molecule has 14 nitrogen and oxygen atoms in total. The van der Waals surface area contributed by atoms with Gasteiger partial charge in [-0.1, -0.05) is 12.1 Å². The number of non-ortho nitro benzene ring substituents is 1. The Balaban J connectivity index is 1.94. The van der Waals surface area contributed by atoms with E-state index in [1.165, 1.54) is 48.5 Å². The standard InChI is InChI=1S/C22H26N6O8S/c1-2-36-21(31)18(13-14-3-7-16(8-4-14)28(32)33)26-20(30)12-11-19(29)25-15-5-9-17(10-6-15)37(34,35)27-22(23)24/h3-10,18H,2,11-13H2,1H3,(H,25,29)(H,26,30)(H4,23,24,27)/t18-/m0/s1. The Morgan fingerprint density at radius 3 is 2.16 bits per heavy atom. The van der Waals surface area contributed by atoms with Crippen LogP contribution in [0.25, 0.3) is 0 Å². The number of carbonyl (C=O) groups is 3. The van der Waals surface area contributed by atoms with Gasteiger partial charge in [0.25, 0.3) is 15.7 Å². The number of hydrogen-bond donors (Lipinski definition) is 4. The second-order valence-electron chi connectivity index (χ2n) is 7.56. The maximum Gasteiger partial charge on any atom is 0.328 e. The van der Waals surface area contributed by atoms with E-state index >= 15 is 0 Å². The minimum Gasteiger partial charge on any atom is -0.464 e. The summed E-state index contributed by atoms with van der Waals surface area (Å²) >= 11 is 0. The van der Waals surface area contributed by atoms with Crippen molar-refractivity contribution in [3.63, 3.8) is 0 Å². The van der Waals surface area contributed by atoms with E-state index in [2.05, 4.69) is 15.0 Å². The predicted molar refractivity (Wildman–Crippen MR) is 133 cm³/mol. The van der Waals surface area contributed by atoms with Gasteiger partial charge in [0.2, 0.25) is 17.8 Å². The number of nitro benzene ring substituents is 1. The highest BCUT2D eigenvalue weighted by Gasteiger charge is 2.23. The van der Waals surface area contributed by atoms with E-state index in [0.717, 1.165) is 0 Å². The average molecular weight is 535 g/mol. The van der Waals surface area contributed by atoms with Crippen LogP contribution >= 0.6 is 0 Å². The molecule has 6 N–H and O–H groups in total. The first-order chi connectivity index (χ1) is 17.4. The minimum atomic E-state index is -4.07. The molecule has 2 aromatic carbocycles. The summed E-state index contributed by atoms with van der Waals surface area (Å²) in [5, 5.41) is 15.9. The van der Waals surface area contributed by atoms with Gasteiger partial charge in [-0.05, 0) is 36.8 Å². The third-order valence-electron chi connectivity index (χ3n) is 4.73. The van der Waals surface area contributed by atoms with Gasteiger partial charge in [0.1, 0.15) is 6.04 Å². The van der Waals surface area contributed by atoms with Crippen LogP contribution in [0.2, 0.25) is 0 Å². The number of rotatable bonds is 12. The third kappa shape index (κ3) is 9.21. The molecule has 0 radical (unpaired) electrons. The molecule has 0 aliphatic carbocycles. The van der Waals surface area contributed by atoms with Gasteiger partial charge in [-0.15, -0.1) is 4.40 Å². The zero-order valence-electron chi connectivity index (χ0n) is 19.7. The van der Waals surface area contributed by atoms with Crippen LogP contribution in [0.4, 0.5) is 11.4 Å². The van der Waals surface area contributed by atoms with E-state index in [4.69, 9.17) is 16.2 Å². The number of esters is 1. The summed E-state index contributed by atoms with van der Waals surface area (Å²) in [6, 6.07) is 9.51. The van der Waals surface area contributed by atoms with Crippen molar-refractivity contribution in [1.82, 2.24) is 5.32 Å². The Morgan fingerprint density at radius 2 is 1.62 bits per heavy atom. The van der Waals surface area contributed by atoms with E-state index < -0.39 is 44.7 Å². The van der Waals surface area contributed by atoms with Crippen molar-refractivity contribution >= 4 is 45.1 Å². The lowest BCUT2D eigenvalue weighted by Crippen LogP contribution is -2.43. The van der Waals surface area contributed by atoms with Gasteiger partial charge in [0.15, 0.2) is 0 Å². The molecule has 0 saturated carbocycles. The predicted octanol–water partition coefficient (Wildman–Crippen LogP) is 0.566. The van der Waals surface area contributed by atoms with Crippen molar-refractivity contribution in [3.05, 3.63) is 64.2 Å². The molecule has 0 aliphatic heterocycles. The Bertz CT molecular complexity index is 1270. The Labute approximate surface area is 212 Å². The molecule has 2 amide bonds. The number of nitrogens with zero attached hydrogens (tertiary/aromatic N) is 2. The molecule has 2 aromatic rings. The Morgan fingerprint density at radius 1 is 1.03 bits per heavy atom. The zero-order chi connectivity index (χ0) is 27.6. The summed E-state index contributed by atoms with van der Waals surface area (Å²) in [6.07, 6.45) is -0.449. The van der Waals surface area contributed by atoms with Crippen molar-refractivity contribution in [3.8, 4) is 0 Å². The number of benzene rings is 2. The largest absolute Gasteiger partial charge is 0.464 e. The average Bonchev–Trinajstić information content (AvgIpc) is 2.82. The molecule has 15 heteroatoms. The smallest absolute Gasteiger partial charge is 0.328 e. The first-order valence-corrected chi connectivity index (χ1v) is 12.3. The number of nitro groups is 1. The number of anilines is 1. The van der Waals surface area contributed by atoms with Crippen LogP contribution in [0.15, 0.2) is 57.8 Å². The lowest BCUT2D eigenvalue weighted by molar-refractivity contribution is -0.384. The monoisotopic (exact) mass is 534 g/mol. The van der Waals surface area contributed by atoms with Crippen molar-refractivity contribution in [2.75, 3.05) is 11.9 Å². The summed E-state index contributed by atoms with van der Waals surface area (Å²) in [6.45, 7) is 1.69. The molecular weight excluding hydrogens is 508 g/mol. The molecule has 0 bridgehead atoms. The number of ether oxygens (including phenoxy) is 1. The molecule has 2 rings (SSSR count). The van der Waals surface area contributed by atoms with E-state index in [1.54, 1.807) is 6.92 Å². The molecule has 37 heavy (non-hydrogen) atoms. The minimum absolute atomic E-state index is 0.0316. The second-order valence-corrected chi connectivity index (χ2v) is 9.17. The van der Waals surface area contributed by atoms with Gasteiger partial charge in [-0.2, -0.15) is 8.42 Å². The summed E-state index contributed by atoms with van der Waals surface area (Å²) in [4.78, 5) is 47.0. The second kappa shape index (κ2) is 13.0. The molecule has 0 unspecified atom stereocenters. The van der Waals surface area contributed by atoms with Crippen molar-refractivity contribution in [2.45, 2.75) is 37.1 Å². The zero-order valence-corrected chi connectivity index (χ0v) is 20.6. The summed E-state index contributed by atoms with van der Waals surface area (Å²) in [5.41, 5.74) is 10.9. The molecule has 0 heterocycles. The highest BCUT2D eigenvalue weighted by molar-refractivity contribution is 7.90. The van der Waals surface area contributed by atoms with Crippen LogP contribution in [0.1, 0.15) is 25.3 Å². The molecule has 0 spiro atoms. The van der Waals surface area contributed by atoms with Crippen molar-refractivity contribution in [2.24, 2.45) is 15.9 Å². The first-order valence-electron chi connectivity index (χ1n) is 10.9. The number of nitrogens with two attached hydrogens (primary N) is 2. The fraction of sp³-hybridized carbons (Fsp3) is 0.273. The van der Waals surface area contributed by atoms with Crippen molar-refractivity contribution < 1.29 is 32.5 Å². The fourth-order valence-electron chi connectivity index (χ4n) is 3.04. The summed E-state index contributed by atoms with van der Waals surface area (Å²) in [5.74, 6) is -2.42. The Kier molecular flexibility index (Phi) is 10.1. The van der Waals surface area contributed by atoms with E-state index in [0.29, 0.717) is 5.56 Å². The van der Waals surface area contributed by atoms with Crippen LogP contribution in [0, 0.1) is 10.1 Å². The van der Waals surface area contributed by atoms with Gasteiger partial charge in [-0.25, -0.2) is 4.79 Å². The lowest BCUT2D eigenvalue weighted by Gasteiger charge is -2.17. The SMILES string of the molecule is CCOC(=O)[C@H](Cc1ccc([N+](=O)[O-])cc1)NC(=O)CCC(=O)Nc1ccc(S(=O)(=O)N=C(N)N)cc1. The van der Waals surface area contributed by atoms with Gasteiger partial charge >= 0.3 is 5.97 Å². The molecule has 0 saturated heterocycles. The number of amides is 2. The van der Waals surface area contributed by atoms with Crippen LogP contribution in [-0.4, -0.2) is 49.7 Å². The van der Waals surface area contributed by atoms with E-state index in [1.807, 2.05) is 0 Å². The molecule has 198 valence electrons. The summed E-state index contributed by atoms with van der Waals surface area (Å²) < 4.78 is 32.0. The quantitative estimate of drug-likeness (QED) is 0.0972. The third-order valence-corrected chi connectivity index (χ3v) is 6.05. The molecular formula is C22H26N6O8S. The molecule has 0 aliphatic rings. The number of hydrogen-bond acceptors (Lipinski definition) is 8. The van der Waals surface area contributed by atoms with Gasteiger partial charge < -0.3 is 26.8 Å². The normalized spacial score (nSPS) is 11.6. The molecule has 0 fully saturated rings. The number of carbonyl (C=O) groups excluding carboxylic acids is 3. The number of nitrogens with one attached hydrogen (secondary N) is 2. The Hall–Kier alpha value is -4.53. The number of sulfonamides is 1. The highest BCUT2D eigenvalue weighted by Crippen LogP contribution is 2.17. The van der Waals surface area contributed by atoms with Crippen LogP contribution in [-0.2, 0) is 35.6 Å². The maximum atomic E-state index is 12.4. The lowest BCUT2D eigenvalue weighted by atomic mass is 10.1. The first kappa shape index (κ1) is 28.7. The fourth-order valence-corrected chi connectivity index (χ4v) is 3.91. The van der Waals surface area contributed by atoms with Gasteiger partial charge in [0.05, 0.1) is 16.4 Å². The molecule has 0 aromatic heterocycles. The van der Waals surface area contributed by atoms with Crippen LogP contribution in [0.3, 0.4) is 0 Å². The van der Waals surface area contributed by atoms with Crippen molar-refractivity contribution in [1.29, 1.82) is 0 Å². The van der Waals surface area contributed by atoms with E-state index in [-0.39, 0.29) is 42.1 Å². The summed E-state index contributed by atoms with van der Waals surface area (Å²) in [7, 11) is -4.07. The molecule has 1 atom stereocenters. The topological polar surface area (TPSA) is 226 Å². The van der Waals surface area contributed by atoms with Crippen LogP contribution in [0.5, 0.6) is 0 Å². The number of guanidine groups is 1. The maximum absolute atomic E-state index is 12.4. The highest BCUT2D eigenvalue weighted by atomic mass is 32.2. The van der Waals surface area contributed by atoms with Gasteiger partial charge in [0, 0.05) is 37.1 Å². The van der Waals surface area contributed by atoms with E-state index in [9.17, 15) is 32.9 Å².